The van der Waals surface area contributed by atoms with Gasteiger partial charge in [0, 0.05) is 28.6 Å². The van der Waals surface area contributed by atoms with Crippen molar-refractivity contribution in [2.45, 2.75) is 128 Å². The van der Waals surface area contributed by atoms with Crippen LogP contribution in [0, 0.1) is 5.92 Å². The molecule has 2 unspecified atom stereocenters. The van der Waals surface area contributed by atoms with Gasteiger partial charge in [0.25, 0.3) is 0 Å². The summed E-state index contributed by atoms with van der Waals surface area (Å²) in [6.07, 6.45) is 17.6. The van der Waals surface area contributed by atoms with Gasteiger partial charge in [-0.1, -0.05) is 145 Å². The quantitative estimate of drug-likeness (QED) is 0.0958. The normalized spacial score (nSPS) is 19.3. The van der Waals surface area contributed by atoms with Crippen molar-refractivity contribution in [1.82, 2.24) is 0 Å². The summed E-state index contributed by atoms with van der Waals surface area (Å²) in [5.41, 5.74) is 22.5. The van der Waals surface area contributed by atoms with Gasteiger partial charge in [0.05, 0.1) is 0 Å². The van der Waals surface area contributed by atoms with Crippen molar-refractivity contribution in [3.63, 3.8) is 0 Å². The van der Waals surface area contributed by atoms with E-state index in [1.54, 1.807) is 0 Å². The molecule has 1 aliphatic carbocycles. The zero-order valence-corrected chi connectivity index (χ0v) is 29.5. The molecule has 2 atom stereocenters. The molecular weight excluding hydrogens is 569 g/mol. The fourth-order valence-electron chi connectivity index (χ4n) is 8.13. The summed E-state index contributed by atoms with van der Waals surface area (Å²) in [7, 11) is 0. The number of nitrogens with two attached hydrogens (primary N) is 2. The van der Waals surface area contributed by atoms with Crippen LogP contribution < -0.4 is 11.5 Å². The standard InChI is InChI=1S/C45H60N2/c1-4-6-8-10-12-43(37-18-26-41(46)27-19-37)35-14-22-39(23-15-35)45(32-30-34(3)31-33-45)40-24-16-36(17-25-40)44(13-11-9-7-5-2)38-20-28-42(47)29-21-38/h14-29,34,43-44H,4-13,30-33,46-47H2,1-3H3. The molecule has 0 aromatic heterocycles. The van der Waals surface area contributed by atoms with Crippen LogP contribution in [0.3, 0.4) is 0 Å². The molecule has 0 heterocycles. The Labute approximate surface area is 286 Å². The van der Waals surface area contributed by atoms with Crippen LogP contribution in [0.1, 0.15) is 156 Å². The Hall–Kier alpha value is -3.52. The summed E-state index contributed by atoms with van der Waals surface area (Å²) in [6.45, 7) is 7.01. The van der Waals surface area contributed by atoms with Crippen molar-refractivity contribution >= 4 is 11.4 Å². The first-order valence-electron chi connectivity index (χ1n) is 18.8. The molecule has 0 amide bonds. The van der Waals surface area contributed by atoms with Gasteiger partial charge in [0.15, 0.2) is 0 Å². The molecule has 0 spiro atoms. The van der Waals surface area contributed by atoms with E-state index in [-0.39, 0.29) is 5.41 Å². The smallest absolute Gasteiger partial charge is 0.0314 e. The lowest BCUT2D eigenvalue weighted by molar-refractivity contribution is 0.280. The predicted octanol–water partition coefficient (Wildman–Crippen LogP) is 12.6. The zero-order valence-electron chi connectivity index (χ0n) is 29.5. The van der Waals surface area contributed by atoms with Gasteiger partial charge in [-0.2, -0.15) is 0 Å². The molecule has 5 rings (SSSR count). The third-order valence-corrected chi connectivity index (χ3v) is 11.2. The van der Waals surface area contributed by atoms with Gasteiger partial charge < -0.3 is 11.5 Å². The van der Waals surface area contributed by atoms with E-state index in [4.69, 9.17) is 11.5 Å². The minimum Gasteiger partial charge on any atom is -0.399 e. The fourth-order valence-corrected chi connectivity index (χ4v) is 8.13. The second kappa shape index (κ2) is 17.0. The molecule has 0 aliphatic heterocycles. The number of hydrogen-bond acceptors (Lipinski definition) is 2. The SMILES string of the molecule is CCCCCCC(c1ccc(N)cc1)c1ccc(C2(c3ccc(C(CCCCCC)c4ccc(N)cc4)cc3)CCC(C)CC2)cc1. The summed E-state index contributed by atoms with van der Waals surface area (Å²) in [5, 5.41) is 0. The second-order valence-electron chi connectivity index (χ2n) is 14.6. The summed E-state index contributed by atoms with van der Waals surface area (Å²) in [4.78, 5) is 0. The molecule has 250 valence electrons. The van der Waals surface area contributed by atoms with Crippen molar-refractivity contribution in [2.75, 3.05) is 11.5 Å². The monoisotopic (exact) mass is 628 g/mol. The highest BCUT2D eigenvalue weighted by Gasteiger charge is 2.37. The van der Waals surface area contributed by atoms with Crippen molar-refractivity contribution in [3.8, 4) is 0 Å². The van der Waals surface area contributed by atoms with Crippen LogP contribution in [-0.4, -0.2) is 0 Å². The van der Waals surface area contributed by atoms with Crippen molar-refractivity contribution < 1.29 is 0 Å². The topological polar surface area (TPSA) is 52.0 Å². The first kappa shape index (κ1) is 34.8. The van der Waals surface area contributed by atoms with Gasteiger partial charge in [0.2, 0.25) is 0 Å². The van der Waals surface area contributed by atoms with Gasteiger partial charge in [-0.15, -0.1) is 0 Å². The van der Waals surface area contributed by atoms with Crippen LogP contribution in [0.5, 0.6) is 0 Å². The Morgan fingerprint density at radius 2 is 0.851 bits per heavy atom. The van der Waals surface area contributed by atoms with E-state index < -0.39 is 0 Å². The largest absolute Gasteiger partial charge is 0.399 e. The maximum absolute atomic E-state index is 6.08. The number of unbranched alkanes of at least 4 members (excludes halogenated alkanes) is 6. The summed E-state index contributed by atoms with van der Waals surface area (Å²) < 4.78 is 0. The van der Waals surface area contributed by atoms with Gasteiger partial charge >= 0.3 is 0 Å². The molecule has 2 nitrogen and oxygen atoms in total. The minimum absolute atomic E-state index is 0.0687. The average Bonchev–Trinajstić information content (AvgIpc) is 3.10. The van der Waals surface area contributed by atoms with Gasteiger partial charge in [-0.3, -0.25) is 0 Å². The molecule has 0 bridgehead atoms. The van der Waals surface area contributed by atoms with E-state index in [2.05, 4.69) is 118 Å². The fraction of sp³-hybridized carbons (Fsp3) is 0.467. The Kier molecular flexibility index (Phi) is 12.6. The van der Waals surface area contributed by atoms with Crippen LogP contribution in [0.25, 0.3) is 0 Å². The lowest BCUT2D eigenvalue weighted by Gasteiger charge is -2.41. The number of hydrogen-bond donors (Lipinski definition) is 2. The molecule has 0 saturated heterocycles. The lowest BCUT2D eigenvalue weighted by atomic mass is 9.63. The van der Waals surface area contributed by atoms with Crippen LogP contribution in [0.4, 0.5) is 11.4 Å². The predicted molar refractivity (Wildman–Crippen MR) is 204 cm³/mol. The first-order valence-corrected chi connectivity index (χ1v) is 18.8. The number of nitrogen functional groups attached to an aromatic ring is 2. The van der Waals surface area contributed by atoms with Crippen molar-refractivity contribution in [3.05, 3.63) is 130 Å². The van der Waals surface area contributed by atoms with E-state index in [1.165, 1.54) is 123 Å². The molecule has 4 aromatic carbocycles. The number of rotatable bonds is 16. The minimum atomic E-state index is 0.0687. The van der Waals surface area contributed by atoms with Crippen LogP contribution in [-0.2, 0) is 5.41 Å². The highest BCUT2D eigenvalue weighted by atomic mass is 14.5. The molecule has 4 N–H and O–H groups in total. The summed E-state index contributed by atoms with van der Waals surface area (Å²) >= 11 is 0. The average molecular weight is 629 g/mol. The highest BCUT2D eigenvalue weighted by molar-refractivity contribution is 5.47. The molecule has 1 aliphatic rings. The van der Waals surface area contributed by atoms with Crippen molar-refractivity contribution in [2.24, 2.45) is 5.92 Å². The Bertz CT molecular complexity index is 1350. The summed E-state index contributed by atoms with van der Waals surface area (Å²) in [6, 6.07) is 36.9. The third kappa shape index (κ3) is 8.89. The zero-order chi connectivity index (χ0) is 33.1. The van der Waals surface area contributed by atoms with Crippen LogP contribution >= 0.6 is 0 Å². The Morgan fingerprint density at radius 3 is 1.19 bits per heavy atom. The maximum Gasteiger partial charge on any atom is 0.0314 e. The molecule has 47 heavy (non-hydrogen) atoms. The Balaban J connectivity index is 1.43. The van der Waals surface area contributed by atoms with E-state index in [9.17, 15) is 0 Å². The molecule has 4 aromatic rings. The second-order valence-corrected chi connectivity index (χ2v) is 14.6. The van der Waals surface area contributed by atoms with Gasteiger partial charge in [-0.05, 0) is 102 Å². The molecular formula is C45H60N2. The molecule has 2 heteroatoms. The number of benzene rings is 4. The molecule has 0 radical (unpaired) electrons. The van der Waals surface area contributed by atoms with Crippen molar-refractivity contribution in [1.29, 1.82) is 0 Å². The number of anilines is 2. The van der Waals surface area contributed by atoms with E-state index >= 15 is 0 Å². The maximum atomic E-state index is 6.08. The van der Waals surface area contributed by atoms with E-state index in [1.807, 2.05) is 0 Å². The first-order chi connectivity index (χ1) is 22.9. The van der Waals surface area contributed by atoms with Gasteiger partial charge in [-0.25, -0.2) is 0 Å². The van der Waals surface area contributed by atoms with Crippen LogP contribution in [0.15, 0.2) is 97.1 Å². The van der Waals surface area contributed by atoms with Gasteiger partial charge in [0.1, 0.15) is 0 Å². The Morgan fingerprint density at radius 1 is 0.511 bits per heavy atom. The molecule has 1 saturated carbocycles. The molecule has 1 fully saturated rings. The van der Waals surface area contributed by atoms with Crippen LogP contribution in [0.2, 0.25) is 0 Å². The summed E-state index contributed by atoms with van der Waals surface area (Å²) in [5.74, 6) is 1.61. The highest BCUT2D eigenvalue weighted by Crippen LogP contribution is 2.47. The van der Waals surface area contributed by atoms with E-state index in [0.29, 0.717) is 11.8 Å². The van der Waals surface area contributed by atoms with E-state index in [0.717, 1.165) is 17.3 Å². The third-order valence-electron chi connectivity index (χ3n) is 11.2. The lowest BCUT2D eigenvalue weighted by Crippen LogP contribution is -2.32.